The van der Waals surface area contributed by atoms with Gasteiger partial charge in [0.2, 0.25) is 5.78 Å². The molecule has 0 radical (unpaired) electrons. The number of imidazole rings is 3. The van der Waals surface area contributed by atoms with E-state index in [1.807, 2.05) is 91.1 Å². The van der Waals surface area contributed by atoms with E-state index in [4.69, 9.17) is 28.4 Å². The van der Waals surface area contributed by atoms with Crippen molar-refractivity contribution in [3.05, 3.63) is 242 Å². The molecule has 358 valence electrons. The maximum atomic E-state index is 9.14. The number of ether oxygens (including phenoxy) is 1. The maximum absolute atomic E-state index is 9.14. The molecule has 0 saturated heterocycles. The zero-order chi connectivity index (χ0) is 57.5. The molecule has 0 atom stereocenters. The van der Waals surface area contributed by atoms with Gasteiger partial charge in [0.25, 0.3) is 6.33 Å². The van der Waals surface area contributed by atoms with Crippen molar-refractivity contribution in [3.63, 3.8) is 0 Å². The third-order valence-electron chi connectivity index (χ3n) is 13.4. The van der Waals surface area contributed by atoms with Crippen LogP contribution >= 0.6 is 0 Å². The molecule has 14 rings (SSSR count). The zero-order valence-electron chi connectivity index (χ0n) is 49.9. The molecule has 74 heavy (non-hydrogen) atoms. The standard InChI is InChI=1S/C65H45N7O.Pt/c1-65(2,3)45-36-37-66-62(38-45)70-53-30-12-10-26-50(53)51-40-60(72-58-35-17-16-34-57(58)71-54-31-13-11-29-52(54)67-64(71)72)61(41-59(51)70)73-47-25-18-24-46(39-47)68-42-69(56-33-15-14-32-55(56)68)63-48(43-20-6-4-7-21-43)27-19-28-49(63)44-22-8-5-9-23-44;/h4-38,40H,1-3H3;/q-2;/i4D,5D,6D,7D,8D,9D,20D,21D,22D,23D;. The quantitative estimate of drug-likeness (QED) is 0.113. The molecular weight excluding hydrogens is 1090 g/mol. The molecule has 0 fully saturated rings. The van der Waals surface area contributed by atoms with E-state index in [1.165, 1.54) is 0 Å². The van der Waals surface area contributed by atoms with Crippen LogP contribution in [-0.4, -0.2) is 28.1 Å². The second kappa shape index (κ2) is 17.7. The van der Waals surface area contributed by atoms with Crippen LogP contribution in [0.5, 0.6) is 11.5 Å². The second-order valence-electron chi connectivity index (χ2n) is 18.8. The number of rotatable bonds is 8. The summed E-state index contributed by atoms with van der Waals surface area (Å²) in [5.41, 5.74) is 8.46. The second-order valence-corrected chi connectivity index (χ2v) is 18.8. The number of benzene rings is 9. The summed E-state index contributed by atoms with van der Waals surface area (Å²) in [5, 5.41) is 1.88. The Labute approximate surface area is 455 Å². The molecule has 0 aliphatic heterocycles. The monoisotopic (exact) mass is 1140 g/mol. The average Bonchev–Trinajstić information content (AvgIpc) is 2.13. The van der Waals surface area contributed by atoms with Gasteiger partial charge < -0.3 is 18.4 Å². The summed E-state index contributed by atoms with van der Waals surface area (Å²) in [6.45, 7) is 6.52. The molecule has 14 aromatic rings. The Morgan fingerprint density at radius 2 is 1.24 bits per heavy atom. The third-order valence-corrected chi connectivity index (χ3v) is 13.4. The predicted molar refractivity (Wildman–Crippen MR) is 293 cm³/mol. The van der Waals surface area contributed by atoms with E-state index in [0.29, 0.717) is 45.5 Å². The minimum absolute atomic E-state index is 0. The Hall–Kier alpha value is -8.84. The number of hydrogen-bond donors (Lipinski definition) is 0. The van der Waals surface area contributed by atoms with Crippen molar-refractivity contribution in [2.45, 2.75) is 26.2 Å². The molecule has 0 N–H and O–H groups in total. The summed E-state index contributed by atoms with van der Waals surface area (Å²) in [4.78, 5) is 10.2. The van der Waals surface area contributed by atoms with E-state index in [0.717, 1.165) is 49.4 Å². The normalized spacial score (nSPS) is 13.8. The van der Waals surface area contributed by atoms with Gasteiger partial charge in [0, 0.05) is 44.3 Å². The van der Waals surface area contributed by atoms with Crippen LogP contribution in [0.4, 0.5) is 0 Å². The van der Waals surface area contributed by atoms with Crippen molar-refractivity contribution >= 4 is 60.7 Å². The molecule has 0 unspecified atom stereocenters. The van der Waals surface area contributed by atoms with Gasteiger partial charge in [-0.05, 0) is 92.5 Å². The van der Waals surface area contributed by atoms with E-state index in [-0.39, 0.29) is 54.4 Å². The topological polar surface area (TPSA) is 58.1 Å². The van der Waals surface area contributed by atoms with Gasteiger partial charge >= 0.3 is 0 Å². The van der Waals surface area contributed by atoms with Crippen molar-refractivity contribution in [1.29, 1.82) is 0 Å². The fourth-order valence-electron chi connectivity index (χ4n) is 10.1. The van der Waals surface area contributed by atoms with Crippen molar-refractivity contribution in [3.8, 4) is 56.6 Å². The molecule has 8 nitrogen and oxygen atoms in total. The average molecular weight is 1150 g/mol. The van der Waals surface area contributed by atoms with Gasteiger partial charge in [0.15, 0.2) is 0 Å². The van der Waals surface area contributed by atoms with Crippen LogP contribution in [0.25, 0.3) is 106 Å². The summed E-state index contributed by atoms with van der Waals surface area (Å²) in [6, 6.07) is 50.1. The molecule has 0 bridgehead atoms. The molecular formula is C65H45N7OPt-2. The van der Waals surface area contributed by atoms with Crippen molar-refractivity contribution in [2.75, 3.05) is 0 Å². The first-order valence-corrected chi connectivity index (χ1v) is 23.8. The molecule has 9 aromatic carbocycles. The molecule has 0 amide bonds. The Kier molecular flexibility index (Phi) is 8.46. The van der Waals surface area contributed by atoms with Crippen LogP contribution < -0.4 is 9.30 Å². The van der Waals surface area contributed by atoms with Gasteiger partial charge in [-0.2, -0.15) is 12.1 Å². The van der Waals surface area contributed by atoms with Crippen molar-refractivity contribution in [2.24, 2.45) is 0 Å². The number of para-hydroxylation sites is 8. The fourth-order valence-corrected chi connectivity index (χ4v) is 10.1. The van der Waals surface area contributed by atoms with Gasteiger partial charge in [0.1, 0.15) is 5.82 Å². The Bertz CT molecular complexity index is 4950. The first-order chi connectivity index (χ1) is 40.0. The van der Waals surface area contributed by atoms with E-state index < -0.39 is 60.4 Å². The van der Waals surface area contributed by atoms with Crippen molar-refractivity contribution in [1.82, 2.24) is 28.1 Å². The zero-order valence-corrected chi connectivity index (χ0v) is 42.1. The SMILES string of the molecule is [2H]c1c([2H])c([2H])c(-c2cccc(-c3c([2H])c([2H])c([2H])c([2H])c3[2H])c2-[n+]2[c-]n(-c3[c-]c(Oc4[c-]c5c(cc4-n4c6ccccc6n6c7ccccc7nc46)c4ccccc4n5-c4cc(C(C)(C)C)ccn4)ccc3)c3ccccc32)c([2H])c1[2H].[Pt]. The Balaban J connectivity index is 0.00000658. The summed E-state index contributed by atoms with van der Waals surface area (Å²) >= 11 is 0. The van der Waals surface area contributed by atoms with E-state index in [2.05, 4.69) is 95.2 Å². The maximum Gasteiger partial charge on any atom is 0.268 e. The minimum Gasteiger partial charge on any atom is -0.508 e. The number of fused-ring (bicyclic) bond motifs is 9. The van der Waals surface area contributed by atoms with Crippen LogP contribution in [0.3, 0.4) is 0 Å². The van der Waals surface area contributed by atoms with Gasteiger partial charge in [-0.15, -0.1) is 24.3 Å². The Morgan fingerprint density at radius 3 is 1.99 bits per heavy atom. The molecule has 9 heteroatoms. The molecule has 0 aliphatic rings. The van der Waals surface area contributed by atoms with Gasteiger partial charge in [0.05, 0.1) is 52.5 Å². The van der Waals surface area contributed by atoms with Crippen LogP contribution in [0, 0.1) is 18.5 Å². The molecule has 5 aromatic heterocycles. The number of aromatic nitrogens is 7. The van der Waals surface area contributed by atoms with Gasteiger partial charge in [-0.25, -0.2) is 9.97 Å². The molecule has 0 saturated carbocycles. The van der Waals surface area contributed by atoms with Crippen LogP contribution in [0.2, 0.25) is 0 Å². The fraction of sp³-hybridized carbons (Fsp3) is 0.0615. The van der Waals surface area contributed by atoms with Crippen LogP contribution in [0.1, 0.15) is 40.0 Å². The minimum atomic E-state index is -0.583. The van der Waals surface area contributed by atoms with Crippen LogP contribution in [-0.2, 0) is 26.5 Å². The summed E-state index contributed by atoms with van der Waals surface area (Å²) < 4.78 is 105. The van der Waals surface area contributed by atoms with E-state index in [1.54, 1.807) is 33.4 Å². The molecule has 0 aliphatic carbocycles. The molecule has 0 spiro atoms. The summed E-state index contributed by atoms with van der Waals surface area (Å²) in [5.74, 6) is 2.03. The summed E-state index contributed by atoms with van der Waals surface area (Å²) in [6.07, 6.45) is 5.30. The number of nitrogens with zero attached hydrogens (tertiary/aromatic N) is 7. The van der Waals surface area contributed by atoms with Gasteiger partial charge in [-0.3, -0.25) is 8.97 Å². The first-order valence-electron chi connectivity index (χ1n) is 28.8. The summed E-state index contributed by atoms with van der Waals surface area (Å²) in [7, 11) is 0. The smallest absolute Gasteiger partial charge is 0.268 e. The third kappa shape index (κ3) is 7.27. The first kappa shape index (κ1) is 35.3. The van der Waals surface area contributed by atoms with Gasteiger partial charge in [-0.1, -0.05) is 177 Å². The number of hydrogen-bond acceptors (Lipinski definition) is 3. The number of pyridine rings is 1. The van der Waals surface area contributed by atoms with Crippen molar-refractivity contribution < 1.29 is 44.1 Å². The van der Waals surface area contributed by atoms with Crippen LogP contribution in [0.15, 0.2) is 218 Å². The largest absolute Gasteiger partial charge is 0.508 e. The Morgan fingerprint density at radius 1 is 0.595 bits per heavy atom. The predicted octanol–water partition coefficient (Wildman–Crippen LogP) is 15.0. The molecule has 5 heterocycles. The van der Waals surface area contributed by atoms with E-state index in [9.17, 15) is 0 Å². The van der Waals surface area contributed by atoms with E-state index >= 15 is 0 Å².